The molecule has 0 spiro atoms. The summed E-state index contributed by atoms with van der Waals surface area (Å²) in [6.45, 7) is 0.210. The van der Waals surface area contributed by atoms with E-state index in [4.69, 9.17) is 14.3 Å². The van der Waals surface area contributed by atoms with Crippen LogP contribution in [-0.2, 0) is 6.61 Å². The Hall–Kier alpha value is -2.82. The highest BCUT2D eigenvalue weighted by molar-refractivity contribution is 6.01. The Morgan fingerprint density at radius 2 is 1.95 bits per heavy atom. The zero-order valence-electron chi connectivity index (χ0n) is 10.9. The first kappa shape index (κ1) is 13.2. The molecule has 0 saturated carbocycles. The van der Waals surface area contributed by atoms with Crippen molar-refractivity contribution in [1.82, 2.24) is 0 Å². The van der Waals surface area contributed by atoms with Crippen LogP contribution in [-0.4, -0.2) is 11.1 Å². The van der Waals surface area contributed by atoms with Crippen LogP contribution in [0.15, 0.2) is 53.1 Å². The maximum atomic E-state index is 12.8. The van der Waals surface area contributed by atoms with Gasteiger partial charge in [-0.2, -0.15) is 0 Å². The average molecular weight is 286 g/mol. The second kappa shape index (κ2) is 5.28. The molecule has 21 heavy (non-hydrogen) atoms. The molecule has 0 aliphatic rings. The Morgan fingerprint density at radius 3 is 2.67 bits per heavy atom. The van der Waals surface area contributed by atoms with Gasteiger partial charge in [-0.15, -0.1) is 0 Å². The minimum absolute atomic E-state index is 0.112. The highest BCUT2D eigenvalue weighted by atomic mass is 19.1. The van der Waals surface area contributed by atoms with Gasteiger partial charge in [0.2, 0.25) is 0 Å². The summed E-state index contributed by atoms with van der Waals surface area (Å²) in [5.41, 5.74) is 1.17. The molecule has 1 N–H and O–H groups in total. The van der Waals surface area contributed by atoms with Gasteiger partial charge in [0.15, 0.2) is 0 Å². The van der Waals surface area contributed by atoms with E-state index in [2.05, 4.69) is 0 Å². The van der Waals surface area contributed by atoms with Crippen molar-refractivity contribution in [2.24, 2.45) is 0 Å². The van der Waals surface area contributed by atoms with Crippen LogP contribution in [0.3, 0.4) is 0 Å². The number of benzene rings is 2. The first-order chi connectivity index (χ1) is 10.1. The van der Waals surface area contributed by atoms with Crippen LogP contribution < -0.4 is 4.74 Å². The van der Waals surface area contributed by atoms with Crippen molar-refractivity contribution < 1.29 is 23.4 Å². The molecular formula is C16H11FO4. The Kier molecular flexibility index (Phi) is 3.31. The number of fused-ring (bicyclic) bond motifs is 1. The first-order valence-corrected chi connectivity index (χ1v) is 6.26. The molecule has 2 aromatic carbocycles. The molecule has 0 aliphatic carbocycles. The van der Waals surface area contributed by atoms with Crippen LogP contribution in [0.1, 0.15) is 15.9 Å². The topological polar surface area (TPSA) is 59.7 Å². The number of carbonyl (C=O) groups is 1. The molecule has 0 aliphatic heterocycles. The van der Waals surface area contributed by atoms with Crippen LogP contribution in [0.25, 0.3) is 11.0 Å². The van der Waals surface area contributed by atoms with E-state index in [1.54, 1.807) is 12.1 Å². The number of carboxylic acids is 1. The predicted octanol–water partition coefficient (Wildman–Crippen LogP) is 3.85. The Morgan fingerprint density at radius 1 is 1.19 bits per heavy atom. The number of hydrogen-bond donors (Lipinski definition) is 1. The van der Waals surface area contributed by atoms with Crippen LogP contribution in [0.4, 0.5) is 4.39 Å². The van der Waals surface area contributed by atoms with Gasteiger partial charge in [-0.05, 0) is 30.3 Å². The molecule has 0 atom stereocenters. The molecule has 0 unspecified atom stereocenters. The zero-order chi connectivity index (χ0) is 14.8. The van der Waals surface area contributed by atoms with Gasteiger partial charge in [0.1, 0.15) is 29.3 Å². The highest BCUT2D eigenvalue weighted by Crippen LogP contribution is 2.26. The lowest BCUT2D eigenvalue weighted by molar-refractivity contribution is 0.0698. The van der Waals surface area contributed by atoms with Gasteiger partial charge in [-0.25, -0.2) is 9.18 Å². The largest absolute Gasteiger partial charge is 0.489 e. The lowest BCUT2D eigenvalue weighted by atomic mass is 10.1. The normalized spacial score (nSPS) is 10.7. The van der Waals surface area contributed by atoms with E-state index in [0.717, 1.165) is 5.56 Å². The number of para-hydroxylation sites is 1. The zero-order valence-corrected chi connectivity index (χ0v) is 10.9. The van der Waals surface area contributed by atoms with Crippen molar-refractivity contribution in [3.8, 4) is 5.75 Å². The molecule has 0 bridgehead atoms. The summed E-state index contributed by atoms with van der Waals surface area (Å²) in [5, 5.41) is 9.79. The van der Waals surface area contributed by atoms with Crippen molar-refractivity contribution in [2.45, 2.75) is 6.61 Å². The van der Waals surface area contributed by atoms with Gasteiger partial charge >= 0.3 is 5.97 Å². The maximum absolute atomic E-state index is 12.8. The summed E-state index contributed by atoms with van der Waals surface area (Å²) < 4.78 is 23.7. The summed E-state index contributed by atoms with van der Waals surface area (Å²) in [5.74, 6) is -0.844. The van der Waals surface area contributed by atoms with Gasteiger partial charge in [0, 0.05) is 10.9 Å². The summed E-state index contributed by atoms with van der Waals surface area (Å²) in [7, 11) is 0. The third kappa shape index (κ3) is 2.58. The maximum Gasteiger partial charge on any atom is 0.339 e. The molecular weight excluding hydrogens is 275 g/mol. The van der Waals surface area contributed by atoms with Gasteiger partial charge in [0.05, 0.1) is 6.26 Å². The van der Waals surface area contributed by atoms with E-state index < -0.39 is 5.97 Å². The smallest absolute Gasteiger partial charge is 0.339 e. The highest BCUT2D eigenvalue weighted by Gasteiger charge is 2.14. The predicted molar refractivity (Wildman–Crippen MR) is 73.9 cm³/mol. The molecule has 1 heterocycles. The fraction of sp³-hybridized carbons (Fsp3) is 0.0625. The lowest BCUT2D eigenvalue weighted by Gasteiger charge is -2.04. The number of hydrogen-bond acceptors (Lipinski definition) is 3. The van der Waals surface area contributed by atoms with E-state index in [1.807, 2.05) is 0 Å². The van der Waals surface area contributed by atoms with Crippen LogP contribution in [0, 0.1) is 5.82 Å². The van der Waals surface area contributed by atoms with Crippen LogP contribution >= 0.6 is 0 Å². The van der Waals surface area contributed by atoms with Crippen molar-refractivity contribution in [3.63, 3.8) is 0 Å². The van der Waals surface area contributed by atoms with E-state index >= 15 is 0 Å². The number of furan rings is 1. The van der Waals surface area contributed by atoms with Crippen molar-refractivity contribution in [2.75, 3.05) is 0 Å². The van der Waals surface area contributed by atoms with Gasteiger partial charge in [-0.1, -0.05) is 12.1 Å². The molecule has 5 heteroatoms. The minimum Gasteiger partial charge on any atom is -0.489 e. The SMILES string of the molecule is O=C(O)c1cccc2c(COc3ccc(F)cc3)coc12. The van der Waals surface area contributed by atoms with Gasteiger partial charge in [0.25, 0.3) is 0 Å². The second-order valence-corrected chi connectivity index (χ2v) is 4.49. The summed E-state index contributed by atoms with van der Waals surface area (Å²) in [6, 6.07) is 10.6. The molecule has 1 aromatic heterocycles. The average Bonchev–Trinajstić information content (AvgIpc) is 2.89. The third-order valence-corrected chi connectivity index (χ3v) is 3.12. The molecule has 0 saturated heterocycles. The number of halogens is 1. The molecule has 0 amide bonds. The van der Waals surface area contributed by atoms with E-state index in [9.17, 15) is 9.18 Å². The van der Waals surface area contributed by atoms with Crippen LogP contribution in [0.2, 0.25) is 0 Å². The Bertz CT molecular complexity index is 790. The van der Waals surface area contributed by atoms with E-state index in [-0.39, 0.29) is 18.0 Å². The molecule has 0 fully saturated rings. The summed E-state index contributed by atoms with van der Waals surface area (Å²) >= 11 is 0. The number of carboxylic acid groups (broad SMARTS) is 1. The summed E-state index contributed by atoms with van der Waals surface area (Å²) in [4.78, 5) is 11.1. The fourth-order valence-electron chi connectivity index (χ4n) is 2.08. The number of ether oxygens (including phenoxy) is 1. The van der Waals surface area contributed by atoms with Crippen molar-refractivity contribution in [1.29, 1.82) is 0 Å². The van der Waals surface area contributed by atoms with Gasteiger partial charge < -0.3 is 14.3 Å². The standard InChI is InChI=1S/C16H11FO4/c17-11-4-6-12(7-5-11)20-8-10-9-21-15-13(10)2-1-3-14(15)16(18)19/h1-7,9H,8H2,(H,18,19). The minimum atomic E-state index is -1.04. The summed E-state index contributed by atoms with van der Waals surface area (Å²) in [6.07, 6.45) is 1.47. The number of aromatic carboxylic acids is 1. The molecule has 0 radical (unpaired) electrons. The third-order valence-electron chi connectivity index (χ3n) is 3.12. The second-order valence-electron chi connectivity index (χ2n) is 4.49. The van der Waals surface area contributed by atoms with E-state index in [0.29, 0.717) is 16.7 Å². The Balaban J connectivity index is 1.86. The monoisotopic (exact) mass is 286 g/mol. The van der Waals surface area contributed by atoms with E-state index in [1.165, 1.54) is 36.6 Å². The molecule has 4 nitrogen and oxygen atoms in total. The first-order valence-electron chi connectivity index (χ1n) is 6.26. The molecule has 3 rings (SSSR count). The lowest BCUT2D eigenvalue weighted by Crippen LogP contribution is -1.97. The van der Waals surface area contributed by atoms with Crippen molar-refractivity contribution >= 4 is 16.9 Å². The van der Waals surface area contributed by atoms with Crippen LogP contribution in [0.5, 0.6) is 5.75 Å². The Labute approximate surface area is 119 Å². The molecule has 3 aromatic rings. The quantitative estimate of drug-likeness (QED) is 0.791. The van der Waals surface area contributed by atoms with Crippen molar-refractivity contribution in [3.05, 3.63) is 65.7 Å². The molecule has 106 valence electrons. The number of rotatable bonds is 4. The fourth-order valence-corrected chi connectivity index (χ4v) is 2.08. The van der Waals surface area contributed by atoms with Gasteiger partial charge in [-0.3, -0.25) is 0 Å².